The van der Waals surface area contributed by atoms with Crippen molar-refractivity contribution in [3.8, 4) is 11.5 Å². The van der Waals surface area contributed by atoms with Gasteiger partial charge in [-0.1, -0.05) is 29.8 Å². The Hall–Kier alpha value is -3.25. The van der Waals surface area contributed by atoms with Crippen LogP contribution in [0.3, 0.4) is 0 Å². The van der Waals surface area contributed by atoms with E-state index in [1.54, 1.807) is 24.4 Å². The van der Waals surface area contributed by atoms with Crippen molar-refractivity contribution in [2.75, 3.05) is 18.5 Å². The number of carbonyl (C=O) groups is 1. The van der Waals surface area contributed by atoms with Crippen LogP contribution >= 0.6 is 11.6 Å². The second-order valence-electron chi connectivity index (χ2n) is 6.19. The summed E-state index contributed by atoms with van der Waals surface area (Å²) in [5.41, 5.74) is 2.74. The molecule has 142 valence electrons. The van der Waals surface area contributed by atoms with E-state index in [0.717, 1.165) is 22.7 Å². The maximum Gasteiger partial charge on any atom is 0.270 e. The second-order valence-corrected chi connectivity index (χ2v) is 6.59. The average molecular weight is 396 g/mol. The molecule has 4 rings (SSSR count). The first-order valence-electron chi connectivity index (χ1n) is 8.83. The van der Waals surface area contributed by atoms with Crippen molar-refractivity contribution in [3.05, 3.63) is 77.1 Å². The third-order valence-electron chi connectivity index (χ3n) is 4.22. The molecule has 0 radical (unpaired) electrons. The highest BCUT2D eigenvalue weighted by Crippen LogP contribution is 2.33. The molecule has 0 fully saturated rings. The lowest BCUT2D eigenvalue weighted by molar-refractivity contribution is 0.0946. The number of carbonyl (C=O) groups excluding carboxylic acids is 1. The van der Waals surface area contributed by atoms with Gasteiger partial charge in [0, 0.05) is 35.2 Å². The number of hydrogen-bond donors (Lipinski definition) is 2. The second kappa shape index (κ2) is 8.19. The van der Waals surface area contributed by atoms with Crippen LogP contribution in [0.25, 0.3) is 0 Å². The maximum atomic E-state index is 12.4. The first-order chi connectivity index (χ1) is 13.7. The van der Waals surface area contributed by atoms with Gasteiger partial charge < -0.3 is 20.1 Å². The highest BCUT2D eigenvalue weighted by atomic mass is 35.5. The fourth-order valence-corrected chi connectivity index (χ4v) is 3.03. The SMILES string of the molecule is O=C(NCc1ccccc1Cl)c1cc(Nc2ccc3c(c2)OCCO3)ccn1. The van der Waals surface area contributed by atoms with Crippen molar-refractivity contribution in [1.82, 2.24) is 10.3 Å². The van der Waals surface area contributed by atoms with Crippen LogP contribution in [0.15, 0.2) is 60.8 Å². The Morgan fingerprint density at radius 2 is 1.79 bits per heavy atom. The molecule has 0 spiro atoms. The van der Waals surface area contributed by atoms with Crippen molar-refractivity contribution in [1.29, 1.82) is 0 Å². The minimum atomic E-state index is -0.272. The Kier molecular flexibility index (Phi) is 5.30. The molecule has 28 heavy (non-hydrogen) atoms. The molecule has 1 aromatic heterocycles. The molecule has 1 aliphatic rings. The zero-order valence-electron chi connectivity index (χ0n) is 14.9. The summed E-state index contributed by atoms with van der Waals surface area (Å²) in [5.74, 6) is 1.15. The van der Waals surface area contributed by atoms with Gasteiger partial charge in [0.15, 0.2) is 11.5 Å². The van der Waals surface area contributed by atoms with Crippen LogP contribution < -0.4 is 20.1 Å². The zero-order chi connectivity index (χ0) is 19.3. The number of benzene rings is 2. The lowest BCUT2D eigenvalue weighted by atomic mass is 10.2. The van der Waals surface area contributed by atoms with Crippen LogP contribution in [0.4, 0.5) is 11.4 Å². The summed E-state index contributed by atoms with van der Waals surface area (Å²) in [6, 6.07) is 16.5. The van der Waals surface area contributed by atoms with Gasteiger partial charge in [-0.05, 0) is 35.9 Å². The minimum absolute atomic E-state index is 0.272. The number of nitrogens with one attached hydrogen (secondary N) is 2. The van der Waals surface area contributed by atoms with Crippen LogP contribution in [0.5, 0.6) is 11.5 Å². The molecule has 0 saturated heterocycles. The van der Waals surface area contributed by atoms with E-state index in [9.17, 15) is 4.79 Å². The summed E-state index contributed by atoms with van der Waals surface area (Å²) in [5, 5.41) is 6.71. The number of fused-ring (bicyclic) bond motifs is 1. The molecule has 0 bridgehead atoms. The van der Waals surface area contributed by atoms with Gasteiger partial charge in [-0.3, -0.25) is 9.78 Å². The lowest BCUT2D eigenvalue weighted by Crippen LogP contribution is -2.24. The number of rotatable bonds is 5. The Balaban J connectivity index is 1.44. The quantitative estimate of drug-likeness (QED) is 0.678. The molecule has 0 saturated carbocycles. The Morgan fingerprint density at radius 3 is 2.64 bits per heavy atom. The predicted molar refractivity (Wildman–Crippen MR) is 108 cm³/mol. The van der Waals surface area contributed by atoms with E-state index < -0.39 is 0 Å². The van der Waals surface area contributed by atoms with E-state index in [1.807, 2.05) is 36.4 Å². The van der Waals surface area contributed by atoms with Crippen LogP contribution in [-0.4, -0.2) is 24.1 Å². The molecular weight excluding hydrogens is 378 g/mol. The first-order valence-corrected chi connectivity index (χ1v) is 9.21. The van der Waals surface area contributed by atoms with Crippen molar-refractivity contribution < 1.29 is 14.3 Å². The first kappa shape index (κ1) is 18.1. The highest BCUT2D eigenvalue weighted by molar-refractivity contribution is 6.31. The fraction of sp³-hybridized carbons (Fsp3) is 0.143. The molecule has 2 N–H and O–H groups in total. The monoisotopic (exact) mass is 395 g/mol. The molecule has 1 amide bonds. The third-order valence-corrected chi connectivity index (χ3v) is 4.59. The summed E-state index contributed by atoms with van der Waals surface area (Å²) < 4.78 is 11.1. The van der Waals surface area contributed by atoms with Crippen LogP contribution in [0.1, 0.15) is 16.1 Å². The number of anilines is 2. The van der Waals surface area contributed by atoms with E-state index in [-0.39, 0.29) is 5.91 Å². The number of ether oxygens (including phenoxy) is 2. The molecule has 6 nitrogen and oxygen atoms in total. The molecule has 1 aliphatic heterocycles. The normalized spacial score (nSPS) is 12.3. The smallest absolute Gasteiger partial charge is 0.270 e. The van der Waals surface area contributed by atoms with Gasteiger partial charge in [0.05, 0.1) is 0 Å². The van der Waals surface area contributed by atoms with E-state index in [2.05, 4.69) is 15.6 Å². The van der Waals surface area contributed by atoms with Crippen LogP contribution in [0.2, 0.25) is 5.02 Å². The van der Waals surface area contributed by atoms with Crippen molar-refractivity contribution in [2.24, 2.45) is 0 Å². The number of pyridine rings is 1. The molecule has 0 unspecified atom stereocenters. The Bertz CT molecular complexity index is 1010. The van der Waals surface area contributed by atoms with Crippen molar-refractivity contribution in [2.45, 2.75) is 6.54 Å². The Labute approximate surface area is 167 Å². The zero-order valence-corrected chi connectivity index (χ0v) is 15.7. The number of hydrogen-bond acceptors (Lipinski definition) is 5. The standard InChI is InChI=1S/C21H18ClN3O3/c22-17-4-2-1-3-14(17)13-24-21(26)18-11-16(7-8-23-18)25-15-5-6-19-20(12-15)28-10-9-27-19/h1-8,11-12H,9-10,13H2,(H,23,25)(H,24,26). The van der Waals surface area contributed by atoms with Crippen LogP contribution in [-0.2, 0) is 6.54 Å². The molecular formula is C21H18ClN3O3. The molecule has 2 aromatic carbocycles. The van der Waals surface area contributed by atoms with Gasteiger partial charge in [0.2, 0.25) is 0 Å². The van der Waals surface area contributed by atoms with Gasteiger partial charge >= 0.3 is 0 Å². The number of halogens is 1. The van der Waals surface area contributed by atoms with Gasteiger partial charge in [0.1, 0.15) is 18.9 Å². The third kappa shape index (κ3) is 4.18. The summed E-state index contributed by atoms with van der Waals surface area (Å²) in [7, 11) is 0. The predicted octanol–water partition coefficient (Wildman–Crippen LogP) is 4.18. The van der Waals surface area contributed by atoms with Crippen molar-refractivity contribution in [3.63, 3.8) is 0 Å². The average Bonchev–Trinajstić information content (AvgIpc) is 2.73. The van der Waals surface area contributed by atoms with Crippen molar-refractivity contribution >= 4 is 28.9 Å². The summed E-state index contributed by atoms with van der Waals surface area (Å²) in [6.07, 6.45) is 1.59. The molecule has 0 atom stereocenters. The number of amides is 1. The van der Waals surface area contributed by atoms with Gasteiger partial charge in [-0.2, -0.15) is 0 Å². The largest absolute Gasteiger partial charge is 0.486 e. The maximum absolute atomic E-state index is 12.4. The fourth-order valence-electron chi connectivity index (χ4n) is 2.83. The topological polar surface area (TPSA) is 72.5 Å². The van der Waals surface area contributed by atoms with Crippen LogP contribution in [0, 0.1) is 0 Å². The summed E-state index contributed by atoms with van der Waals surface area (Å²) in [4.78, 5) is 16.6. The molecule has 0 aliphatic carbocycles. The van der Waals surface area contributed by atoms with Gasteiger partial charge in [-0.15, -0.1) is 0 Å². The minimum Gasteiger partial charge on any atom is -0.486 e. The lowest BCUT2D eigenvalue weighted by Gasteiger charge is -2.19. The summed E-state index contributed by atoms with van der Waals surface area (Å²) >= 11 is 6.12. The van der Waals surface area contributed by atoms with Gasteiger partial charge in [0.25, 0.3) is 5.91 Å². The van der Waals surface area contributed by atoms with Gasteiger partial charge in [-0.25, -0.2) is 0 Å². The Morgan fingerprint density at radius 1 is 1.00 bits per heavy atom. The molecule has 7 heteroatoms. The van der Waals surface area contributed by atoms with E-state index in [4.69, 9.17) is 21.1 Å². The van der Waals surface area contributed by atoms with E-state index in [0.29, 0.717) is 36.2 Å². The molecule has 3 aromatic rings. The highest BCUT2D eigenvalue weighted by Gasteiger charge is 2.13. The van der Waals surface area contributed by atoms with E-state index in [1.165, 1.54) is 0 Å². The molecule has 2 heterocycles. The number of aromatic nitrogens is 1. The van der Waals surface area contributed by atoms with E-state index >= 15 is 0 Å². The number of nitrogens with zero attached hydrogens (tertiary/aromatic N) is 1. The summed E-state index contributed by atoms with van der Waals surface area (Å²) in [6.45, 7) is 1.41.